The van der Waals surface area contributed by atoms with Crippen LogP contribution in [0.5, 0.6) is 0 Å². The van der Waals surface area contributed by atoms with Gasteiger partial charge in [0.25, 0.3) is 0 Å². The fourth-order valence-corrected chi connectivity index (χ4v) is 2.79. The molecule has 0 saturated heterocycles. The van der Waals surface area contributed by atoms with Gasteiger partial charge in [0.15, 0.2) is 0 Å². The summed E-state index contributed by atoms with van der Waals surface area (Å²) in [5.74, 6) is 2.59. The maximum Gasteiger partial charge on any atom is 0.224 e. The lowest BCUT2D eigenvalue weighted by atomic mass is 9.97. The van der Waals surface area contributed by atoms with Crippen molar-refractivity contribution in [1.29, 1.82) is 0 Å². The number of nitrogens with zero attached hydrogens (tertiary/aromatic N) is 2. The fourth-order valence-electron chi connectivity index (χ4n) is 2.79. The highest BCUT2D eigenvalue weighted by Crippen LogP contribution is 2.31. The molecular formula is C15H26N4O. The summed E-state index contributed by atoms with van der Waals surface area (Å²) in [7, 11) is 0. The number of hydrogen-bond donors (Lipinski definition) is 3. The Morgan fingerprint density at radius 1 is 1.30 bits per heavy atom. The van der Waals surface area contributed by atoms with Crippen LogP contribution >= 0.6 is 0 Å². The van der Waals surface area contributed by atoms with Gasteiger partial charge in [0.2, 0.25) is 5.95 Å². The Labute approximate surface area is 121 Å². The van der Waals surface area contributed by atoms with Crippen LogP contribution in [0.25, 0.3) is 0 Å². The van der Waals surface area contributed by atoms with E-state index in [0.29, 0.717) is 24.4 Å². The summed E-state index contributed by atoms with van der Waals surface area (Å²) in [6.45, 7) is 6.21. The van der Waals surface area contributed by atoms with Crippen LogP contribution in [0.3, 0.4) is 0 Å². The quantitative estimate of drug-likeness (QED) is 0.714. The molecule has 1 aromatic heterocycles. The molecule has 5 heteroatoms. The zero-order valence-electron chi connectivity index (χ0n) is 12.5. The monoisotopic (exact) mass is 278 g/mol. The zero-order chi connectivity index (χ0) is 14.4. The van der Waals surface area contributed by atoms with Crippen LogP contribution in [0.15, 0.2) is 6.20 Å². The van der Waals surface area contributed by atoms with Gasteiger partial charge < -0.3 is 15.7 Å². The number of aromatic nitrogens is 2. The average molecular weight is 278 g/mol. The maximum atomic E-state index is 9.37. The average Bonchev–Trinajstić information content (AvgIpc) is 2.92. The highest BCUT2D eigenvalue weighted by Gasteiger charge is 2.26. The third-order valence-electron chi connectivity index (χ3n) is 4.09. The summed E-state index contributed by atoms with van der Waals surface area (Å²) >= 11 is 0. The molecule has 20 heavy (non-hydrogen) atoms. The molecule has 2 rings (SSSR count). The molecular weight excluding hydrogens is 252 g/mol. The van der Waals surface area contributed by atoms with Gasteiger partial charge in [-0.15, -0.1) is 0 Å². The van der Waals surface area contributed by atoms with Crippen molar-refractivity contribution in [2.24, 2.45) is 11.8 Å². The first-order valence-corrected chi connectivity index (χ1v) is 7.66. The van der Waals surface area contributed by atoms with E-state index in [1.54, 1.807) is 0 Å². The smallest absolute Gasteiger partial charge is 0.224 e. The van der Waals surface area contributed by atoms with E-state index in [1.165, 1.54) is 12.8 Å². The predicted molar refractivity (Wildman–Crippen MR) is 82.0 cm³/mol. The van der Waals surface area contributed by atoms with Gasteiger partial charge >= 0.3 is 0 Å². The molecule has 5 nitrogen and oxygen atoms in total. The van der Waals surface area contributed by atoms with E-state index in [-0.39, 0.29) is 0 Å². The Kier molecular flexibility index (Phi) is 5.59. The lowest BCUT2D eigenvalue weighted by Gasteiger charge is -2.19. The van der Waals surface area contributed by atoms with Gasteiger partial charge in [0, 0.05) is 31.5 Å². The molecule has 0 amide bonds. The molecule has 3 N–H and O–H groups in total. The minimum atomic E-state index is 0.304. The number of aliphatic hydroxyl groups is 1. The van der Waals surface area contributed by atoms with E-state index in [0.717, 1.165) is 37.3 Å². The Morgan fingerprint density at radius 3 is 2.85 bits per heavy atom. The highest BCUT2D eigenvalue weighted by atomic mass is 16.3. The maximum absolute atomic E-state index is 9.37. The molecule has 1 fully saturated rings. The third-order valence-corrected chi connectivity index (χ3v) is 4.09. The van der Waals surface area contributed by atoms with Gasteiger partial charge in [-0.1, -0.05) is 13.3 Å². The standard InChI is InChI=1S/C15H26N4O/c1-3-7-16-15-18-8-11(2)14(19-15)17-9-12-5-4-6-13(12)10-20/h8,12-13,20H,3-7,9-10H2,1-2H3,(H2,16,17,18,19). The number of hydrogen-bond acceptors (Lipinski definition) is 5. The molecule has 0 spiro atoms. The van der Waals surface area contributed by atoms with Crippen molar-refractivity contribution >= 4 is 11.8 Å². The van der Waals surface area contributed by atoms with Gasteiger partial charge in [0.05, 0.1) is 0 Å². The normalized spacial score (nSPS) is 21.9. The van der Waals surface area contributed by atoms with Crippen molar-refractivity contribution in [3.8, 4) is 0 Å². The van der Waals surface area contributed by atoms with E-state index in [9.17, 15) is 5.11 Å². The first-order chi connectivity index (χ1) is 9.74. The van der Waals surface area contributed by atoms with Crippen molar-refractivity contribution in [1.82, 2.24) is 9.97 Å². The fraction of sp³-hybridized carbons (Fsp3) is 0.733. The molecule has 0 aliphatic heterocycles. The van der Waals surface area contributed by atoms with Crippen molar-refractivity contribution in [2.45, 2.75) is 39.5 Å². The van der Waals surface area contributed by atoms with E-state index in [1.807, 2.05) is 13.1 Å². The van der Waals surface area contributed by atoms with Gasteiger partial charge in [-0.25, -0.2) is 4.98 Å². The summed E-state index contributed by atoms with van der Waals surface area (Å²) in [5, 5.41) is 16.0. The van der Waals surface area contributed by atoms with Crippen LogP contribution in [0.2, 0.25) is 0 Å². The molecule has 0 radical (unpaired) electrons. The number of rotatable bonds is 7. The highest BCUT2D eigenvalue weighted by molar-refractivity contribution is 5.46. The largest absolute Gasteiger partial charge is 0.396 e. The van der Waals surface area contributed by atoms with Crippen LogP contribution in [-0.2, 0) is 0 Å². The zero-order valence-corrected chi connectivity index (χ0v) is 12.5. The molecule has 1 aliphatic carbocycles. The predicted octanol–water partition coefficient (Wildman–Crippen LogP) is 2.43. The summed E-state index contributed by atoms with van der Waals surface area (Å²) in [5.41, 5.74) is 1.06. The van der Waals surface area contributed by atoms with Crippen molar-refractivity contribution in [2.75, 3.05) is 30.3 Å². The minimum absolute atomic E-state index is 0.304. The summed E-state index contributed by atoms with van der Waals surface area (Å²) < 4.78 is 0. The number of aliphatic hydroxyl groups excluding tert-OH is 1. The number of nitrogens with one attached hydrogen (secondary N) is 2. The molecule has 1 aromatic rings. The lowest BCUT2D eigenvalue weighted by molar-refractivity contribution is 0.199. The SMILES string of the molecule is CCCNc1ncc(C)c(NCC2CCCC2CO)n1. The number of aryl methyl sites for hydroxylation is 1. The molecule has 1 aliphatic rings. The van der Waals surface area contributed by atoms with Crippen molar-refractivity contribution in [3.63, 3.8) is 0 Å². The summed E-state index contributed by atoms with van der Waals surface area (Å²) in [6, 6.07) is 0. The van der Waals surface area contributed by atoms with Crippen LogP contribution in [-0.4, -0.2) is 34.8 Å². The topological polar surface area (TPSA) is 70.1 Å². The first kappa shape index (κ1) is 15.0. The molecule has 2 atom stereocenters. The number of anilines is 2. The van der Waals surface area contributed by atoms with Gasteiger partial charge in [0.1, 0.15) is 5.82 Å². The van der Waals surface area contributed by atoms with E-state index >= 15 is 0 Å². The van der Waals surface area contributed by atoms with Crippen LogP contribution in [0, 0.1) is 18.8 Å². The van der Waals surface area contributed by atoms with Crippen LogP contribution in [0.4, 0.5) is 11.8 Å². The van der Waals surface area contributed by atoms with E-state index in [2.05, 4.69) is 27.5 Å². The minimum Gasteiger partial charge on any atom is -0.396 e. The Bertz CT molecular complexity index is 424. The molecule has 1 heterocycles. The summed E-state index contributed by atoms with van der Waals surface area (Å²) in [4.78, 5) is 8.81. The molecule has 0 bridgehead atoms. The van der Waals surface area contributed by atoms with E-state index < -0.39 is 0 Å². The first-order valence-electron chi connectivity index (χ1n) is 7.66. The Hall–Kier alpha value is -1.36. The second-order valence-electron chi connectivity index (χ2n) is 5.67. The molecule has 1 saturated carbocycles. The van der Waals surface area contributed by atoms with Crippen LogP contribution in [0.1, 0.15) is 38.2 Å². The van der Waals surface area contributed by atoms with Gasteiger partial charge in [-0.3, -0.25) is 0 Å². The second kappa shape index (κ2) is 7.43. The molecule has 0 aromatic carbocycles. The van der Waals surface area contributed by atoms with Crippen molar-refractivity contribution in [3.05, 3.63) is 11.8 Å². The third kappa shape index (κ3) is 3.82. The van der Waals surface area contributed by atoms with E-state index in [4.69, 9.17) is 0 Å². The van der Waals surface area contributed by atoms with Crippen LogP contribution < -0.4 is 10.6 Å². The Balaban J connectivity index is 1.94. The van der Waals surface area contributed by atoms with Crippen molar-refractivity contribution < 1.29 is 5.11 Å². The summed E-state index contributed by atoms with van der Waals surface area (Å²) in [6.07, 6.45) is 6.48. The second-order valence-corrected chi connectivity index (χ2v) is 5.67. The lowest BCUT2D eigenvalue weighted by Crippen LogP contribution is -2.21. The molecule has 112 valence electrons. The van der Waals surface area contributed by atoms with Gasteiger partial charge in [-0.2, -0.15) is 4.98 Å². The van der Waals surface area contributed by atoms with Gasteiger partial charge in [-0.05, 0) is 38.0 Å². The molecule has 2 unspecified atom stereocenters. The Morgan fingerprint density at radius 2 is 2.10 bits per heavy atom.